The second-order valence-electron chi connectivity index (χ2n) is 6.62. The van der Waals surface area contributed by atoms with E-state index in [0.29, 0.717) is 11.0 Å². The molecular formula is C19H21BrCl2N2O4Se. The van der Waals surface area contributed by atoms with E-state index in [-0.39, 0.29) is 39.3 Å². The molecule has 0 unspecified atom stereocenters. The Labute approximate surface area is 199 Å². The summed E-state index contributed by atoms with van der Waals surface area (Å²) in [6.07, 6.45) is 0. The van der Waals surface area contributed by atoms with Crippen molar-refractivity contribution in [1.82, 2.24) is 9.80 Å². The number of ether oxygens (including phenoxy) is 1. The fraction of sp³-hybridized carbons (Fsp3) is 0.368. The van der Waals surface area contributed by atoms with E-state index in [4.69, 9.17) is 8.53 Å². The minimum atomic E-state index is -2.92. The Bertz CT molecular complexity index is 1190. The second-order valence-corrected chi connectivity index (χ2v) is 9.73. The van der Waals surface area contributed by atoms with E-state index in [1.165, 1.54) is 10.5 Å². The third-order valence-corrected chi connectivity index (χ3v) is 8.83. The number of rotatable bonds is 3. The van der Waals surface area contributed by atoms with Gasteiger partial charge in [0.2, 0.25) is 0 Å². The van der Waals surface area contributed by atoms with Crippen molar-refractivity contribution < 1.29 is 18.1 Å². The fourth-order valence-electron chi connectivity index (χ4n) is 3.26. The Balaban J connectivity index is 0.00000181. The van der Waals surface area contributed by atoms with Gasteiger partial charge in [-0.05, 0) is 0 Å². The van der Waals surface area contributed by atoms with Gasteiger partial charge in [0.15, 0.2) is 0 Å². The van der Waals surface area contributed by atoms with Crippen molar-refractivity contribution in [2.24, 2.45) is 0 Å². The summed E-state index contributed by atoms with van der Waals surface area (Å²) >= 11 is 3.68. The van der Waals surface area contributed by atoms with Crippen LogP contribution in [0.5, 0.6) is 0 Å². The molecule has 0 amide bonds. The Morgan fingerprint density at radius 3 is 2.72 bits per heavy atom. The van der Waals surface area contributed by atoms with Crippen LogP contribution in [0.2, 0.25) is 0 Å². The Hall–Kier alpha value is -0.861. The number of nitrogens with zero attached hydrogens (tertiary/aromatic N) is 2. The van der Waals surface area contributed by atoms with Gasteiger partial charge < -0.3 is 0 Å². The van der Waals surface area contributed by atoms with E-state index < -0.39 is 24.2 Å². The molecule has 1 aromatic carbocycles. The summed E-state index contributed by atoms with van der Waals surface area (Å²) in [6.45, 7) is 4.96. The fourth-order valence-corrected chi connectivity index (χ4v) is 7.00. The standard InChI is InChI=1S/C19H19BrN2O4Se.2ClH/c1-21-5-7-22(8-6-21)10-14-15(20)12-4-3-11-9-13(18(23)25-2)19(24)26-16(11)17(12)27-14;;/h3-4,9H,5-8,10H2,1-2H3;2*1H/i2D3;;. The number of benzene rings is 1. The Kier molecular flexibility index (Phi) is 6.89. The van der Waals surface area contributed by atoms with Gasteiger partial charge in [-0.2, -0.15) is 0 Å². The first-order valence-corrected chi connectivity index (χ1v) is 10.9. The molecule has 6 nitrogen and oxygen atoms in total. The Morgan fingerprint density at radius 2 is 2.03 bits per heavy atom. The monoisotopic (exact) mass is 573 g/mol. The van der Waals surface area contributed by atoms with Gasteiger partial charge in [-0.15, -0.1) is 24.8 Å². The predicted molar refractivity (Wildman–Crippen MR) is 123 cm³/mol. The molecule has 0 spiro atoms. The van der Waals surface area contributed by atoms with Crippen LogP contribution in [0.15, 0.2) is 31.9 Å². The zero-order chi connectivity index (χ0) is 21.6. The molecule has 10 heteroatoms. The third kappa shape index (κ3) is 4.74. The molecule has 0 bridgehead atoms. The number of piperazine rings is 1. The molecule has 1 saturated heterocycles. The van der Waals surface area contributed by atoms with Crippen molar-refractivity contribution in [3.05, 3.63) is 43.1 Å². The normalized spacial score (nSPS) is 17.1. The van der Waals surface area contributed by atoms with E-state index in [1.54, 1.807) is 6.07 Å². The van der Waals surface area contributed by atoms with Crippen LogP contribution in [0.25, 0.3) is 20.6 Å². The summed E-state index contributed by atoms with van der Waals surface area (Å²) in [6, 6.07) is 5.04. The number of halogens is 3. The van der Waals surface area contributed by atoms with Gasteiger partial charge in [0.25, 0.3) is 0 Å². The molecule has 1 aliphatic rings. The number of carbonyl (C=O) groups excluding carboxylic acids is 1. The first kappa shape index (κ1) is 20.1. The molecule has 0 radical (unpaired) electrons. The van der Waals surface area contributed by atoms with Gasteiger partial charge >= 0.3 is 175 Å². The summed E-state index contributed by atoms with van der Waals surface area (Å²) in [5, 5.41) is 1.56. The van der Waals surface area contributed by atoms with Crippen LogP contribution in [0, 0.1) is 0 Å². The number of esters is 1. The first-order valence-electron chi connectivity index (χ1n) is 9.94. The van der Waals surface area contributed by atoms with Gasteiger partial charge in [-0.3, -0.25) is 0 Å². The van der Waals surface area contributed by atoms with Crippen LogP contribution >= 0.6 is 40.7 Å². The van der Waals surface area contributed by atoms with Gasteiger partial charge in [0, 0.05) is 0 Å². The molecule has 2 aromatic heterocycles. The second kappa shape index (κ2) is 9.96. The summed E-state index contributed by atoms with van der Waals surface area (Å²) in [4.78, 5) is 29.2. The topological polar surface area (TPSA) is 63.0 Å². The minimum absolute atomic E-state index is 0. The van der Waals surface area contributed by atoms with Gasteiger partial charge in [0.1, 0.15) is 0 Å². The average Bonchev–Trinajstić information content (AvgIpc) is 2.98. The van der Waals surface area contributed by atoms with Crippen LogP contribution in [0.4, 0.5) is 0 Å². The molecular weight excluding hydrogens is 550 g/mol. The third-order valence-electron chi connectivity index (χ3n) is 4.84. The molecule has 158 valence electrons. The van der Waals surface area contributed by atoms with Crippen molar-refractivity contribution in [2.75, 3.05) is 40.3 Å². The van der Waals surface area contributed by atoms with E-state index in [1.807, 2.05) is 6.07 Å². The zero-order valence-electron chi connectivity index (χ0n) is 18.4. The molecule has 0 N–H and O–H groups in total. The van der Waals surface area contributed by atoms with Crippen molar-refractivity contribution in [3.8, 4) is 0 Å². The number of fused-ring (bicyclic) bond motifs is 3. The van der Waals surface area contributed by atoms with Gasteiger partial charge in [-0.1, -0.05) is 0 Å². The van der Waals surface area contributed by atoms with E-state index in [9.17, 15) is 9.59 Å². The van der Waals surface area contributed by atoms with Crippen molar-refractivity contribution in [1.29, 1.82) is 0 Å². The number of hydrogen-bond donors (Lipinski definition) is 0. The molecule has 0 atom stereocenters. The molecule has 1 aliphatic heterocycles. The van der Waals surface area contributed by atoms with Gasteiger partial charge in [0.05, 0.1) is 0 Å². The van der Waals surface area contributed by atoms with Crippen LogP contribution in [0.3, 0.4) is 0 Å². The first-order chi connectivity index (χ1) is 14.1. The Morgan fingerprint density at radius 1 is 1.31 bits per heavy atom. The predicted octanol–water partition coefficient (Wildman–Crippen LogP) is 3.14. The average molecular weight is 574 g/mol. The van der Waals surface area contributed by atoms with E-state index >= 15 is 0 Å². The SMILES string of the molecule is Cl.Cl.[2H]C([2H])([2H])OC(=O)c1cc2ccc3c(Br)c(CN4CCN(C)CC4)[se]c3c2oc1=O. The summed E-state index contributed by atoms with van der Waals surface area (Å²) in [5.74, 6) is -1.22. The summed E-state index contributed by atoms with van der Waals surface area (Å²) in [5.41, 5.74) is -0.883. The van der Waals surface area contributed by atoms with Crippen molar-refractivity contribution in [2.45, 2.75) is 6.54 Å². The number of methoxy groups -OCH3 is 1. The molecule has 0 aliphatic carbocycles. The zero-order valence-corrected chi connectivity index (χ0v) is 20.3. The van der Waals surface area contributed by atoms with Crippen LogP contribution in [0.1, 0.15) is 18.9 Å². The maximum absolute atomic E-state index is 12.4. The maximum atomic E-state index is 12.4. The number of likely N-dealkylation sites (N-methyl/N-ethyl adjacent to an activating group) is 1. The molecule has 3 aromatic rings. The molecule has 29 heavy (non-hydrogen) atoms. The van der Waals surface area contributed by atoms with Crippen LogP contribution < -0.4 is 5.63 Å². The van der Waals surface area contributed by atoms with Crippen molar-refractivity contribution >= 4 is 81.8 Å². The molecule has 3 heterocycles. The number of carbonyl (C=O) groups is 1. The molecule has 4 rings (SSSR count). The van der Waals surface area contributed by atoms with Crippen molar-refractivity contribution in [3.63, 3.8) is 0 Å². The van der Waals surface area contributed by atoms with Gasteiger partial charge in [-0.25, -0.2) is 0 Å². The summed E-state index contributed by atoms with van der Waals surface area (Å²) < 4.78 is 34.2. The van der Waals surface area contributed by atoms with Crippen LogP contribution in [-0.2, 0) is 11.3 Å². The van der Waals surface area contributed by atoms with E-state index in [2.05, 4.69) is 37.5 Å². The van der Waals surface area contributed by atoms with E-state index in [0.717, 1.165) is 46.8 Å². The molecule has 0 saturated carbocycles. The quantitative estimate of drug-likeness (QED) is 0.273. The summed E-state index contributed by atoms with van der Waals surface area (Å²) in [7, 11) is -0.801. The molecule has 1 fully saturated rings. The number of hydrogen-bond acceptors (Lipinski definition) is 6. The van der Waals surface area contributed by atoms with Crippen LogP contribution in [-0.4, -0.2) is 70.5 Å².